The van der Waals surface area contributed by atoms with Crippen LogP contribution in [0.1, 0.15) is 69.1 Å². The van der Waals surface area contributed by atoms with Crippen molar-refractivity contribution in [2.24, 2.45) is 17.3 Å². The SMILES string of the molecule is C[C@H](Cc1cccc(C(F)(F)F)c1)N[C@@H](C)C12C[C@H]3C[C@@H](CC(c4ccc(Cl)cc4)(C3)C1)C2. The minimum absolute atomic E-state index is 0.114. The van der Waals surface area contributed by atoms with Crippen molar-refractivity contribution in [2.75, 3.05) is 0 Å². The van der Waals surface area contributed by atoms with Gasteiger partial charge in [-0.05, 0) is 111 Å². The predicted octanol–water partition coefficient (Wildman–Crippen LogP) is 7.81. The summed E-state index contributed by atoms with van der Waals surface area (Å²) in [4.78, 5) is 0. The predicted molar refractivity (Wildman–Crippen MR) is 127 cm³/mol. The molecule has 4 saturated carbocycles. The number of rotatable bonds is 6. The normalized spacial score (nSPS) is 32.7. The maximum Gasteiger partial charge on any atom is 0.416 e. The molecule has 0 aromatic heterocycles. The van der Waals surface area contributed by atoms with Gasteiger partial charge in [0.2, 0.25) is 0 Å². The zero-order valence-electron chi connectivity index (χ0n) is 19.4. The summed E-state index contributed by atoms with van der Waals surface area (Å²) in [5.74, 6) is 1.54. The Hall–Kier alpha value is -1.52. The van der Waals surface area contributed by atoms with Crippen LogP contribution in [0.25, 0.3) is 0 Å². The lowest BCUT2D eigenvalue weighted by molar-refractivity contribution is -0.137. The lowest BCUT2D eigenvalue weighted by Gasteiger charge is -2.64. The molecule has 2 aromatic rings. The van der Waals surface area contributed by atoms with Crippen LogP contribution in [0.4, 0.5) is 13.2 Å². The molecule has 2 aromatic carbocycles. The van der Waals surface area contributed by atoms with Crippen LogP contribution < -0.4 is 5.32 Å². The topological polar surface area (TPSA) is 12.0 Å². The second kappa shape index (κ2) is 8.30. The number of hydrogen-bond donors (Lipinski definition) is 1. The Balaban J connectivity index is 1.32. The van der Waals surface area contributed by atoms with Gasteiger partial charge in [-0.25, -0.2) is 0 Å². The van der Waals surface area contributed by atoms with E-state index in [-0.39, 0.29) is 16.9 Å². The number of halogens is 4. The van der Waals surface area contributed by atoms with E-state index < -0.39 is 11.7 Å². The van der Waals surface area contributed by atoms with Crippen molar-refractivity contribution in [1.29, 1.82) is 0 Å². The van der Waals surface area contributed by atoms with E-state index in [0.717, 1.165) is 28.5 Å². The van der Waals surface area contributed by atoms with Crippen LogP contribution in [0.3, 0.4) is 0 Å². The van der Waals surface area contributed by atoms with Crippen molar-refractivity contribution in [3.63, 3.8) is 0 Å². The standard InChI is InChI=1S/C28H33ClF3N/c1-18(10-20-4-3-5-24(12-20)28(30,31)32)33-19(2)26-13-21-11-22(14-26)16-27(15-21,17-26)23-6-8-25(29)9-7-23/h3-9,12,18-19,21-22,33H,10-11,13-17H2,1-2H3/t18-,19+,21-,22-,26?,27?/m1/s1. The van der Waals surface area contributed by atoms with Crippen molar-refractivity contribution in [3.8, 4) is 0 Å². The molecule has 0 spiro atoms. The van der Waals surface area contributed by atoms with Gasteiger partial charge in [0.25, 0.3) is 0 Å². The van der Waals surface area contributed by atoms with Crippen molar-refractivity contribution >= 4 is 11.6 Å². The molecule has 4 bridgehead atoms. The highest BCUT2D eigenvalue weighted by atomic mass is 35.5. The number of nitrogens with one attached hydrogen (secondary N) is 1. The van der Waals surface area contributed by atoms with Crippen molar-refractivity contribution in [1.82, 2.24) is 5.32 Å². The van der Waals surface area contributed by atoms with Gasteiger partial charge in [0.15, 0.2) is 0 Å². The van der Waals surface area contributed by atoms with E-state index in [4.69, 9.17) is 11.6 Å². The minimum Gasteiger partial charge on any atom is -0.311 e. The molecule has 0 amide bonds. The van der Waals surface area contributed by atoms with Crippen molar-refractivity contribution in [2.45, 2.75) is 82.5 Å². The molecule has 6 rings (SSSR count). The van der Waals surface area contributed by atoms with Crippen molar-refractivity contribution < 1.29 is 13.2 Å². The molecule has 1 N–H and O–H groups in total. The molecule has 0 unspecified atom stereocenters. The van der Waals surface area contributed by atoms with Crippen LogP contribution in [0.2, 0.25) is 5.02 Å². The fourth-order valence-electron chi connectivity index (χ4n) is 7.87. The second-order valence-corrected chi connectivity index (χ2v) is 11.7. The van der Waals surface area contributed by atoms with E-state index in [9.17, 15) is 13.2 Å². The number of alkyl halides is 3. The molecule has 4 atom stereocenters. The number of hydrogen-bond acceptors (Lipinski definition) is 1. The molecular weight excluding hydrogens is 443 g/mol. The fourth-order valence-corrected chi connectivity index (χ4v) is 8.00. The molecule has 1 nitrogen and oxygen atoms in total. The van der Waals surface area contributed by atoms with Gasteiger partial charge < -0.3 is 5.32 Å². The van der Waals surface area contributed by atoms with Gasteiger partial charge in [0, 0.05) is 17.1 Å². The first-order valence-corrected chi connectivity index (χ1v) is 12.6. The van der Waals surface area contributed by atoms with Crippen LogP contribution in [-0.2, 0) is 18.0 Å². The summed E-state index contributed by atoms with van der Waals surface area (Å²) in [6, 6.07) is 14.7. The molecule has 4 aliphatic carbocycles. The molecule has 0 heterocycles. The third kappa shape index (κ3) is 4.46. The molecule has 0 radical (unpaired) electrons. The average molecular weight is 476 g/mol. The first-order chi connectivity index (χ1) is 15.6. The smallest absolute Gasteiger partial charge is 0.311 e. The average Bonchev–Trinajstić information content (AvgIpc) is 2.72. The minimum atomic E-state index is -4.30. The Labute approximate surface area is 200 Å². The highest BCUT2D eigenvalue weighted by molar-refractivity contribution is 6.30. The third-order valence-electron chi connectivity index (χ3n) is 8.81. The summed E-state index contributed by atoms with van der Waals surface area (Å²) in [6.45, 7) is 4.41. The summed E-state index contributed by atoms with van der Waals surface area (Å²) >= 11 is 6.18. The Bertz CT molecular complexity index is 985. The zero-order valence-corrected chi connectivity index (χ0v) is 20.1. The molecular formula is C28H33ClF3N. The second-order valence-electron chi connectivity index (χ2n) is 11.3. The largest absolute Gasteiger partial charge is 0.416 e. The van der Waals surface area contributed by atoms with E-state index in [1.807, 2.05) is 12.1 Å². The van der Waals surface area contributed by atoms with Gasteiger partial charge in [-0.2, -0.15) is 13.2 Å². The highest BCUT2D eigenvalue weighted by Gasteiger charge is 2.59. The fraction of sp³-hybridized carbons (Fsp3) is 0.571. The van der Waals surface area contributed by atoms with E-state index in [1.54, 1.807) is 6.07 Å². The maximum atomic E-state index is 13.1. The molecule has 4 aliphatic rings. The van der Waals surface area contributed by atoms with Crippen molar-refractivity contribution in [3.05, 3.63) is 70.2 Å². The molecule has 0 aliphatic heterocycles. The first kappa shape index (κ1) is 23.2. The van der Waals surface area contributed by atoms with Crippen LogP contribution >= 0.6 is 11.6 Å². The molecule has 5 heteroatoms. The first-order valence-electron chi connectivity index (χ1n) is 12.3. The summed E-state index contributed by atoms with van der Waals surface area (Å²) in [5, 5.41) is 4.61. The maximum absolute atomic E-state index is 13.1. The molecule has 0 saturated heterocycles. The van der Waals surface area contributed by atoms with E-state index in [1.165, 1.54) is 56.2 Å². The quantitative estimate of drug-likeness (QED) is 0.449. The lowest BCUT2D eigenvalue weighted by atomic mass is 9.41. The van der Waals surface area contributed by atoms with Crippen LogP contribution in [0.15, 0.2) is 48.5 Å². The Morgan fingerprint density at radius 3 is 2.30 bits per heavy atom. The van der Waals surface area contributed by atoms with Gasteiger partial charge in [0.1, 0.15) is 0 Å². The highest BCUT2D eigenvalue weighted by Crippen LogP contribution is 2.66. The van der Waals surface area contributed by atoms with Crippen LogP contribution in [0.5, 0.6) is 0 Å². The molecule has 178 valence electrons. The summed E-state index contributed by atoms with van der Waals surface area (Å²) in [7, 11) is 0. The van der Waals surface area contributed by atoms with Gasteiger partial charge in [0.05, 0.1) is 5.56 Å². The monoisotopic (exact) mass is 475 g/mol. The summed E-state index contributed by atoms with van der Waals surface area (Å²) < 4.78 is 39.3. The zero-order chi connectivity index (χ0) is 23.4. The summed E-state index contributed by atoms with van der Waals surface area (Å²) in [6.07, 6.45) is 3.93. The van der Waals surface area contributed by atoms with Gasteiger partial charge >= 0.3 is 6.18 Å². The van der Waals surface area contributed by atoms with E-state index in [0.29, 0.717) is 12.5 Å². The van der Waals surface area contributed by atoms with E-state index >= 15 is 0 Å². The van der Waals surface area contributed by atoms with Gasteiger partial charge in [-0.15, -0.1) is 0 Å². The molecule has 4 fully saturated rings. The van der Waals surface area contributed by atoms with Crippen LogP contribution in [0, 0.1) is 17.3 Å². The van der Waals surface area contributed by atoms with Gasteiger partial charge in [-0.1, -0.05) is 41.9 Å². The van der Waals surface area contributed by atoms with E-state index in [2.05, 4.69) is 31.3 Å². The lowest BCUT2D eigenvalue weighted by Crippen LogP contribution is -2.60. The molecule has 33 heavy (non-hydrogen) atoms. The van der Waals surface area contributed by atoms with Gasteiger partial charge in [-0.3, -0.25) is 0 Å². The number of benzene rings is 2. The third-order valence-corrected chi connectivity index (χ3v) is 9.06. The Morgan fingerprint density at radius 2 is 1.67 bits per heavy atom. The summed E-state index contributed by atoms with van der Waals surface area (Å²) in [5.41, 5.74) is 2.11. The Kier molecular flexibility index (Phi) is 5.85. The van der Waals surface area contributed by atoms with Crippen LogP contribution in [-0.4, -0.2) is 12.1 Å². The Morgan fingerprint density at radius 1 is 1.00 bits per heavy atom.